The highest BCUT2D eigenvalue weighted by Gasteiger charge is 2.21. The van der Waals surface area contributed by atoms with Crippen molar-refractivity contribution in [3.63, 3.8) is 0 Å². The first-order valence-corrected chi connectivity index (χ1v) is 6.18. The van der Waals surface area contributed by atoms with E-state index >= 15 is 0 Å². The summed E-state index contributed by atoms with van der Waals surface area (Å²) in [6.07, 6.45) is 1.62. The summed E-state index contributed by atoms with van der Waals surface area (Å²) in [4.78, 5) is 25.3. The van der Waals surface area contributed by atoms with Gasteiger partial charge in [-0.2, -0.15) is 0 Å². The second kappa shape index (κ2) is 5.88. The zero-order valence-corrected chi connectivity index (χ0v) is 11.8. The minimum atomic E-state index is -0.977. The lowest BCUT2D eigenvalue weighted by Gasteiger charge is -2.28. The lowest BCUT2D eigenvalue weighted by atomic mass is 10.1. The molecule has 6 heteroatoms. The number of nitrogens with zero attached hydrogens (tertiary/aromatic N) is 2. The molecule has 0 radical (unpaired) electrons. The molecule has 0 spiro atoms. The van der Waals surface area contributed by atoms with Crippen LogP contribution in [0.1, 0.15) is 20.8 Å². The van der Waals surface area contributed by atoms with E-state index in [0.717, 1.165) is 0 Å². The lowest BCUT2D eigenvalue weighted by Crippen LogP contribution is -2.44. The number of hydrogen-bond acceptors (Lipinski definition) is 3. The Morgan fingerprint density at radius 2 is 2.16 bits per heavy atom. The summed E-state index contributed by atoms with van der Waals surface area (Å²) >= 11 is 0. The van der Waals surface area contributed by atoms with Crippen LogP contribution in [0.4, 0.5) is 10.5 Å². The number of amides is 2. The van der Waals surface area contributed by atoms with Gasteiger partial charge in [-0.15, -0.1) is 0 Å². The van der Waals surface area contributed by atoms with Crippen LogP contribution in [-0.2, 0) is 7.05 Å². The maximum Gasteiger partial charge on any atom is 0.322 e. The highest BCUT2D eigenvalue weighted by Crippen LogP contribution is 2.07. The quantitative estimate of drug-likeness (QED) is 0.855. The minimum Gasteiger partial charge on any atom is -0.389 e. The third kappa shape index (κ3) is 4.40. The number of carbonyl (C=O) groups is 1. The summed E-state index contributed by atoms with van der Waals surface area (Å²) in [7, 11) is 1.62. The van der Waals surface area contributed by atoms with E-state index in [1.165, 1.54) is 9.47 Å². The largest absolute Gasteiger partial charge is 0.389 e. The molecule has 0 bridgehead atoms. The highest BCUT2D eigenvalue weighted by atomic mass is 16.3. The first-order valence-electron chi connectivity index (χ1n) is 6.18. The Morgan fingerprint density at radius 3 is 2.68 bits per heavy atom. The molecule has 2 N–H and O–H groups in total. The Bertz CT molecular complexity index is 503. The van der Waals surface area contributed by atoms with Crippen molar-refractivity contribution in [3.05, 3.63) is 28.7 Å². The molecule has 19 heavy (non-hydrogen) atoms. The number of nitrogens with one attached hydrogen (secondary N) is 1. The number of urea groups is 1. The second-order valence-electron chi connectivity index (χ2n) is 5.09. The van der Waals surface area contributed by atoms with Gasteiger partial charge in [-0.1, -0.05) is 0 Å². The van der Waals surface area contributed by atoms with Crippen LogP contribution in [0, 0.1) is 0 Å². The van der Waals surface area contributed by atoms with Crippen LogP contribution in [-0.4, -0.2) is 39.3 Å². The van der Waals surface area contributed by atoms with Crippen LogP contribution < -0.4 is 10.9 Å². The van der Waals surface area contributed by atoms with Crippen LogP contribution in [0.25, 0.3) is 0 Å². The number of aliphatic hydroxyl groups is 1. The number of carbonyl (C=O) groups excluding carboxylic acids is 1. The number of anilines is 1. The molecule has 0 saturated heterocycles. The van der Waals surface area contributed by atoms with Crippen molar-refractivity contribution in [1.82, 2.24) is 9.47 Å². The Labute approximate surface area is 112 Å². The first kappa shape index (κ1) is 15.2. The summed E-state index contributed by atoms with van der Waals surface area (Å²) in [5.41, 5.74) is -1.02. The number of pyridine rings is 1. The Kier molecular flexibility index (Phi) is 4.72. The van der Waals surface area contributed by atoms with Crippen molar-refractivity contribution in [2.75, 3.05) is 18.4 Å². The molecule has 6 nitrogen and oxygen atoms in total. The maximum atomic E-state index is 12.0. The standard InChI is InChI=1S/C13H21N3O3/c1-5-16(9-13(2,3)19)12(18)14-10-7-6-8-15(4)11(10)17/h6-8,19H,5,9H2,1-4H3,(H,14,18). The maximum absolute atomic E-state index is 12.0. The van der Waals surface area contributed by atoms with Gasteiger partial charge in [0.2, 0.25) is 0 Å². The van der Waals surface area contributed by atoms with Gasteiger partial charge in [0.25, 0.3) is 5.56 Å². The number of hydrogen-bond donors (Lipinski definition) is 2. The Morgan fingerprint density at radius 1 is 1.53 bits per heavy atom. The molecule has 0 aromatic carbocycles. The third-order valence-corrected chi connectivity index (χ3v) is 2.61. The van der Waals surface area contributed by atoms with Gasteiger partial charge in [-0.05, 0) is 32.9 Å². The van der Waals surface area contributed by atoms with Crippen molar-refractivity contribution in [2.24, 2.45) is 7.05 Å². The van der Waals surface area contributed by atoms with Gasteiger partial charge in [0.15, 0.2) is 0 Å². The molecule has 1 aromatic rings. The Hall–Kier alpha value is -1.82. The smallest absolute Gasteiger partial charge is 0.322 e. The zero-order chi connectivity index (χ0) is 14.6. The van der Waals surface area contributed by atoms with Crippen molar-refractivity contribution in [1.29, 1.82) is 0 Å². The number of rotatable bonds is 4. The van der Waals surface area contributed by atoms with E-state index in [-0.39, 0.29) is 17.8 Å². The fourth-order valence-corrected chi connectivity index (χ4v) is 1.68. The lowest BCUT2D eigenvalue weighted by molar-refractivity contribution is 0.0501. The fourth-order valence-electron chi connectivity index (χ4n) is 1.68. The van der Waals surface area contributed by atoms with Gasteiger partial charge in [0.05, 0.1) is 12.1 Å². The van der Waals surface area contributed by atoms with Crippen molar-refractivity contribution in [3.8, 4) is 0 Å². The summed E-state index contributed by atoms with van der Waals surface area (Å²) in [6.45, 7) is 5.72. The van der Waals surface area contributed by atoms with Crippen LogP contribution in [0.5, 0.6) is 0 Å². The number of aryl methyl sites for hydroxylation is 1. The zero-order valence-electron chi connectivity index (χ0n) is 11.8. The predicted octanol–water partition coefficient (Wildman–Crippen LogP) is 1.01. The summed E-state index contributed by atoms with van der Waals surface area (Å²) in [5, 5.41) is 12.3. The molecule has 0 aliphatic rings. The van der Waals surface area contributed by atoms with Crippen LogP contribution in [0.15, 0.2) is 23.1 Å². The van der Waals surface area contributed by atoms with E-state index in [9.17, 15) is 14.7 Å². The monoisotopic (exact) mass is 267 g/mol. The molecule has 0 saturated carbocycles. The van der Waals surface area contributed by atoms with Crippen LogP contribution >= 0.6 is 0 Å². The average molecular weight is 267 g/mol. The predicted molar refractivity (Wildman–Crippen MR) is 74.2 cm³/mol. The van der Waals surface area contributed by atoms with Gasteiger partial charge < -0.3 is 19.9 Å². The fraction of sp³-hybridized carbons (Fsp3) is 0.538. The van der Waals surface area contributed by atoms with E-state index in [1.807, 2.05) is 6.92 Å². The normalized spacial score (nSPS) is 11.2. The molecular formula is C13H21N3O3. The van der Waals surface area contributed by atoms with Crippen LogP contribution in [0.2, 0.25) is 0 Å². The van der Waals surface area contributed by atoms with E-state index in [0.29, 0.717) is 6.54 Å². The highest BCUT2D eigenvalue weighted by molar-refractivity contribution is 5.89. The van der Waals surface area contributed by atoms with Gasteiger partial charge >= 0.3 is 6.03 Å². The van der Waals surface area contributed by atoms with E-state index in [2.05, 4.69) is 5.32 Å². The molecule has 0 atom stereocenters. The molecule has 2 amide bonds. The summed E-state index contributed by atoms with van der Waals surface area (Å²) in [6, 6.07) is 2.84. The molecule has 0 aliphatic heterocycles. The third-order valence-electron chi connectivity index (χ3n) is 2.61. The van der Waals surface area contributed by atoms with Gasteiger partial charge in [0.1, 0.15) is 5.69 Å². The average Bonchev–Trinajstić information content (AvgIpc) is 2.30. The molecule has 0 fully saturated rings. The Balaban J connectivity index is 2.83. The molecule has 1 aromatic heterocycles. The van der Waals surface area contributed by atoms with Crippen molar-refractivity contribution >= 4 is 11.7 Å². The summed E-state index contributed by atoms with van der Waals surface area (Å²) in [5.74, 6) is 0. The molecule has 1 rings (SSSR count). The van der Waals surface area contributed by atoms with E-state index in [4.69, 9.17) is 0 Å². The molecule has 106 valence electrons. The SMILES string of the molecule is CCN(CC(C)(C)O)C(=O)Nc1cccn(C)c1=O. The van der Waals surface area contributed by atoms with E-state index in [1.54, 1.807) is 39.2 Å². The van der Waals surface area contributed by atoms with Crippen LogP contribution in [0.3, 0.4) is 0 Å². The van der Waals surface area contributed by atoms with Crippen molar-refractivity contribution < 1.29 is 9.90 Å². The molecule has 1 heterocycles. The van der Waals surface area contributed by atoms with Gasteiger partial charge in [-0.3, -0.25) is 4.79 Å². The summed E-state index contributed by atoms with van der Waals surface area (Å²) < 4.78 is 1.39. The van der Waals surface area contributed by atoms with Gasteiger partial charge in [-0.25, -0.2) is 4.79 Å². The molecular weight excluding hydrogens is 246 g/mol. The molecule has 0 unspecified atom stereocenters. The number of aromatic nitrogens is 1. The minimum absolute atomic E-state index is 0.197. The van der Waals surface area contributed by atoms with E-state index < -0.39 is 11.6 Å². The number of likely N-dealkylation sites (N-methyl/N-ethyl adjacent to an activating group) is 1. The molecule has 0 aliphatic carbocycles. The first-order chi connectivity index (χ1) is 8.74. The van der Waals surface area contributed by atoms with Gasteiger partial charge in [0, 0.05) is 19.8 Å². The van der Waals surface area contributed by atoms with Crippen molar-refractivity contribution in [2.45, 2.75) is 26.4 Å². The second-order valence-corrected chi connectivity index (χ2v) is 5.09. The topological polar surface area (TPSA) is 74.6 Å².